The quantitative estimate of drug-likeness (QED) is 0.456. The highest BCUT2D eigenvalue weighted by molar-refractivity contribution is 9.10. The highest BCUT2D eigenvalue weighted by Crippen LogP contribution is 2.36. The molecule has 0 aromatic heterocycles. The molecular formula is C16H19BrN2O3. The molecule has 1 rings (SSSR count). The smallest absolute Gasteiger partial charge is 0.261 e. The lowest BCUT2D eigenvalue weighted by Gasteiger charge is -2.10. The molecule has 0 aliphatic rings. The molecule has 22 heavy (non-hydrogen) atoms. The zero-order chi connectivity index (χ0) is 16.5. The molecule has 0 fully saturated rings. The fourth-order valence-corrected chi connectivity index (χ4v) is 2.43. The largest absolute Gasteiger partial charge is 0.493 e. The molecule has 0 atom stereocenters. The number of unbranched alkanes of at least 4 members (excludes halogenated alkanes) is 1. The Hall–Kier alpha value is -2.00. The molecule has 1 N–H and O–H groups in total. The van der Waals surface area contributed by atoms with Gasteiger partial charge in [-0.2, -0.15) is 5.26 Å². The molecule has 0 saturated heterocycles. The van der Waals surface area contributed by atoms with Crippen molar-refractivity contribution < 1.29 is 14.3 Å². The number of nitriles is 1. The lowest BCUT2D eigenvalue weighted by molar-refractivity contribution is -0.117. The Morgan fingerprint density at radius 1 is 1.41 bits per heavy atom. The van der Waals surface area contributed by atoms with E-state index >= 15 is 0 Å². The molecule has 0 aliphatic carbocycles. The number of benzene rings is 1. The molecule has 118 valence electrons. The number of nitrogens with one attached hydrogen (secondary N) is 1. The highest BCUT2D eigenvalue weighted by Gasteiger charge is 2.12. The van der Waals surface area contributed by atoms with E-state index in [-0.39, 0.29) is 11.5 Å². The molecular weight excluding hydrogens is 348 g/mol. The van der Waals surface area contributed by atoms with Gasteiger partial charge in [0.25, 0.3) is 5.91 Å². The minimum absolute atomic E-state index is 0.0511. The third-order valence-electron chi connectivity index (χ3n) is 2.95. The van der Waals surface area contributed by atoms with Gasteiger partial charge < -0.3 is 14.8 Å². The topological polar surface area (TPSA) is 71.4 Å². The Balaban J connectivity index is 3.06. The molecule has 0 saturated carbocycles. The number of carbonyl (C=O) groups excluding carboxylic acids is 1. The molecule has 6 heteroatoms. The van der Waals surface area contributed by atoms with Gasteiger partial charge in [-0.15, -0.1) is 0 Å². The zero-order valence-corrected chi connectivity index (χ0v) is 14.5. The van der Waals surface area contributed by atoms with Gasteiger partial charge in [0, 0.05) is 6.54 Å². The van der Waals surface area contributed by atoms with Crippen LogP contribution in [-0.2, 0) is 4.79 Å². The van der Waals surface area contributed by atoms with E-state index in [4.69, 9.17) is 14.7 Å². The van der Waals surface area contributed by atoms with Crippen LogP contribution < -0.4 is 14.8 Å². The number of rotatable bonds is 7. The molecule has 5 nitrogen and oxygen atoms in total. The zero-order valence-electron chi connectivity index (χ0n) is 12.9. The maximum atomic E-state index is 11.9. The highest BCUT2D eigenvalue weighted by atomic mass is 79.9. The van der Waals surface area contributed by atoms with Crippen molar-refractivity contribution >= 4 is 27.9 Å². The third-order valence-corrected chi connectivity index (χ3v) is 3.54. The van der Waals surface area contributed by atoms with E-state index < -0.39 is 0 Å². The van der Waals surface area contributed by atoms with Crippen LogP contribution in [-0.4, -0.2) is 26.7 Å². The Morgan fingerprint density at radius 2 is 2.14 bits per heavy atom. The SMILES string of the molecule is CCCCNC(=O)/C(C#N)=C\c1cc(Br)c(OC)c(OC)c1. The first-order valence-corrected chi connectivity index (χ1v) is 7.68. The predicted octanol–water partition coefficient (Wildman–Crippen LogP) is 3.29. The summed E-state index contributed by atoms with van der Waals surface area (Å²) in [7, 11) is 3.07. The summed E-state index contributed by atoms with van der Waals surface area (Å²) in [5.41, 5.74) is 0.724. The molecule has 1 aromatic carbocycles. The predicted molar refractivity (Wildman–Crippen MR) is 88.8 cm³/mol. The van der Waals surface area contributed by atoms with Gasteiger partial charge in [-0.25, -0.2) is 0 Å². The average molecular weight is 367 g/mol. The van der Waals surface area contributed by atoms with Crippen LogP contribution in [0.5, 0.6) is 11.5 Å². The van der Waals surface area contributed by atoms with Crippen molar-refractivity contribution in [2.45, 2.75) is 19.8 Å². The molecule has 0 spiro atoms. The van der Waals surface area contributed by atoms with Crippen molar-refractivity contribution in [1.29, 1.82) is 5.26 Å². The Kier molecular flexibility index (Phi) is 7.47. The molecule has 0 bridgehead atoms. The van der Waals surface area contributed by atoms with E-state index in [1.165, 1.54) is 13.2 Å². The van der Waals surface area contributed by atoms with Crippen molar-refractivity contribution in [3.8, 4) is 17.6 Å². The summed E-state index contributed by atoms with van der Waals surface area (Å²) < 4.78 is 11.2. The number of ether oxygens (including phenoxy) is 2. The van der Waals surface area contributed by atoms with Gasteiger partial charge in [0.1, 0.15) is 11.6 Å². The van der Waals surface area contributed by atoms with Crippen LogP contribution in [0.4, 0.5) is 0 Å². The number of carbonyl (C=O) groups is 1. The van der Waals surface area contributed by atoms with Gasteiger partial charge in [0.15, 0.2) is 11.5 Å². The maximum Gasteiger partial charge on any atom is 0.261 e. The number of halogens is 1. The van der Waals surface area contributed by atoms with E-state index in [0.29, 0.717) is 28.1 Å². The van der Waals surface area contributed by atoms with Crippen LogP contribution in [0.25, 0.3) is 6.08 Å². The Labute approximate surface area is 139 Å². The molecule has 0 heterocycles. The van der Waals surface area contributed by atoms with Crippen LogP contribution in [0.15, 0.2) is 22.2 Å². The van der Waals surface area contributed by atoms with Crippen LogP contribution in [0.3, 0.4) is 0 Å². The van der Waals surface area contributed by atoms with E-state index in [9.17, 15) is 4.79 Å². The van der Waals surface area contributed by atoms with E-state index in [1.807, 2.05) is 13.0 Å². The number of methoxy groups -OCH3 is 2. The lowest BCUT2D eigenvalue weighted by Crippen LogP contribution is -2.25. The normalized spacial score (nSPS) is 10.8. The van der Waals surface area contributed by atoms with Crippen LogP contribution in [0.1, 0.15) is 25.3 Å². The second kappa shape index (κ2) is 9.11. The molecule has 1 aromatic rings. The van der Waals surface area contributed by atoms with Crippen LogP contribution in [0.2, 0.25) is 0 Å². The van der Waals surface area contributed by atoms with Crippen molar-refractivity contribution in [2.75, 3.05) is 20.8 Å². The summed E-state index contributed by atoms with van der Waals surface area (Å²) in [6.45, 7) is 2.60. The number of hydrogen-bond donors (Lipinski definition) is 1. The first-order valence-electron chi connectivity index (χ1n) is 6.88. The van der Waals surface area contributed by atoms with Crippen molar-refractivity contribution in [2.24, 2.45) is 0 Å². The second-order valence-electron chi connectivity index (χ2n) is 4.52. The number of hydrogen-bond acceptors (Lipinski definition) is 4. The lowest BCUT2D eigenvalue weighted by atomic mass is 10.1. The Bertz CT molecular complexity index is 606. The summed E-state index contributed by atoms with van der Waals surface area (Å²) in [4.78, 5) is 11.9. The summed E-state index contributed by atoms with van der Waals surface area (Å²) in [5, 5.41) is 11.9. The molecule has 0 aliphatic heterocycles. The minimum Gasteiger partial charge on any atom is -0.493 e. The van der Waals surface area contributed by atoms with Gasteiger partial charge in [-0.05, 0) is 46.1 Å². The summed E-state index contributed by atoms with van der Waals surface area (Å²) in [6.07, 6.45) is 3.38. The standard InChI is InChI=1S/C16H19BrN2O3/c1-4-5-6-19-16(20)12(10-18)7-11-8-13(17)15(22-3)14(9-11)21-2/h7-9H,4-6H2,1-3H3,(H,19,20)/b12-7-. The van der Waals surface area contributed by atoms with Crippen molar-refractivity contribution in [1.82, 2.24) is 5.32 Å². The van der Waals surface area contributed by atoms with Gasteiger partial charge in [-0.3, -0.25) is 4.79 Å². The fraction of sp³-hybridized carbons (Fsp3) is 0.375. The first kappa shape index (κ1) is 18.1. The van der Waals surface area contributed by atoms with Crippen molar-refractivity contribution in [3.05, 3.63) is 27.7 Å². The van der Waals surface area contributed by atoms with E-state index in [2.05, 4.69) is 21.2 Å². The summed E-state index contributed by atoms with van der Waals surface area (Å²) in [5.74, 6) is 0.708. The molecule has 0 radical (unpaired) electrons. The van der Waals surface area contributed by atoms with Gasteiger partial charge >= 0.3 is 0 Å². The van der Waals surface area contributed by atoms with E-state index in [1.54, 1.807) is 19.2 Å². The van der Waals surface area contributed by atoms with Gasteiger partial charge in [0.05, 0.1) is 18.7 Å². The van der Waals surface area contributed by atoms with Crippen LogP contribution >= 0.6 is 15.9 Å². The molecule has 1 amide bonds. The van der Waals surface area contributed by atoms with Crippen LogP contribution in [0, 0.1) is 11.3 Å². The average Bonchev–Trinajstić information content (AvgIpc) is 2.51. The summed E-state index contributed by atoms with van der Waals surface area (Å²) >= 11 is 3.38. The second-order valence-corrected chi connectivity index (χ2v) is 5.37. The minimum atomic E-state index is -0.373. The van der Waals surface area contributed by atoms with E-state index in [0.717, 1.165) is 12.8 Å². The Morgan fingerprint density at radius 3 is 2.68 bits per heavy atom. The fourth-order valence-electron chi connectivity index (χ4n) is 1.81. The first-order chi connectivity index (χ1) is 10.6. The maximum absolute atomic E-state index is 11.9. The number of nitrogens with zero attached hydrogens (tertiary/aromatic N) is 1. The van der Waals surface area contributed by atoms with Gasteiger partial charge in [0.2, 0.25) is 0 Å². The summed E-state index contributed by atoms with van der Waals surface area (Å²) in [6, 6.07) is 5.39. The molecule has 0 unspecified atom stereocenters. The third kappa shape index (κ3) is 4.78. The number of amides is 1. The van der Waals surface area contributed by atoms with Gasteiger partial charge in [-0.1, -0.05) is 13.3 Å². The monoisotopic (exact) mass is 366 g/mol. The van der Waals surface area contributed by atoms with Crippen molar-refractivity contribution in [3.63, 3.8) is 0 Å².